The van der Waals surface area contributed by atoms with Gasteiger partial charge in [0.2, 0.25) is 0 Å². The van der Waals surface area contributed by atoms with Crippen LogP contribution in [0.5, 0.6) is 0 Å². The van der Waals surface area contributed by atoms with Crippen LogP contribution in [-0.2, 0) is 35.5 Å². The molecule has 5 nitrogen and oxygen atoms in total. The van der Waals surface area contributed by atoms with Crippen molar-refractivity contribution in [3.05, 3.63) is 60.2 Å². The van der Waals surface area contributed by atoms with Crippen LogP contribution in [0, 0.1) is 5.92 Å². The standard InChI is InChI=1S/C19H17NO4S2.Zn/c21-17(22)11-13(18(23)24)16(10-12-6-2-1-3-7-12)26-19-20-14-8-4-5-9-15(14)25-19;/h1-9,13,16H,10-11H2,(H,21,22)(H,23,24);. The van der Waals surface area contributed by atoms with Gasteiger partial charge in [-0.3, -0.25) is 9.59 Å². The van der Waals surface area contributed by atoms with Gasteiger partial charge in [-0.25, -0.2) is 4.98 Å². The number of hydrogen-bond donors (Lipinski definition) is 2. The summed E-state index contributed by atoms with van der Waals surface area (Å²) in [6.07, 6.45) is 0.0520. The van der Waals surface area contributed by atoms with Crippen molar-refractivity contribution in [3.8, 4) is 0 Å². The molecule has 0 amide bonds. The summed E-state index contributed by atoms with van der Waals surface area (Å²) in [5, 5.41) is 18.3. The Bertz CT molecular complexity index is 883. The summed E-state index contributed by atoms with van der Waals surface area (Å²) in [5.74, 6) is -3.20. The first-order chi connectivity index (χ1) is 12.5. The molecule has 0 fully saturated rings. The van der Waals surface area contributed by atoms with E-state index in [1.54, 1.807) is 0 Å². The molecule has 0 radical (unpaired) electrons. The smallest absolute Gasteiger partial charge is 0.308 e. The van der Waals surface area contributed by atoms with Gasteiger partial charge >= 0.3 is 11.9 Å². The van der Waals surface area contributed by atoms with E-state index in [1.807, 2.05) is 54.6 Å². The second kappa shape index (κ2) is 9.97. The zero-order chi connectivity index (χ0) is 18.5. The van der Waals surface area contributed by atoms with E-state index in [0.717, 1.165) is 20.1 Å². The van der Waals surface area contributed by atoms with E-state index in [9.17, 15) is 14.7 Å². The maximum atomic E-state index is 11.7. The first kappa shape index (κ1) is 21.5. The maximum absolute atomic E-state index is 11.7. The van der Waals surface area contributed by atoms with Crippen LogP contribution in [-0.4, -0.2) is 32.4 Å². The van der Waals surface area contributed by atoms with Crippen LogP contribution in [0.4, 0.5) is 0 Å². The van der Waals surface area contributed by atoms with Crippen LogP contribution >= 0.6 is 23.1 Å². The van der Waals surface area contributed by atoms with Gasteiger partial charge in [-0.05, 0) is 24.1 Å². The molecule has 2 aromatic carbocycles. The third-order valence-electron chi connectivity index (χ3n) is 3.97. The average molecular weight is 453 g/mol. The molecule has 2 N–H and O–H groups in total. The molecule has 1 aromatic heterocycles. The molecule has 0 saturated carbocycles. The quantitative estimate of drug-likeness (QED) is 0.394. The molecular formula is C19H17NO4S2Zn. The molecule has 3 aromatic rings. The van der Waals surface area contributed by atoms with E-state index in [0.29, 0.717) is 6.42 Å². The van der Waals surface area contributed by atoms with Crippen LogP contribution in [0.15, 0.2) is 58.9 Å². The number of nitrogens with zero attached hydrogens (tertiary/aromatic N) is 1. The number of hydrogen-bond acceptors (Lipinski definition) is 5. The fourth-order valence-corrected chi connectivity index (χ4v) is 5.30. The predicted molar refractivity (Wildman–Crippen MR) is 103 cm³/mol. The van der Waals surface area contributed by atoms with Crippen LogP contribution in [0.3, 0.4) is 0 Å². The number of thiazole rings is 1. The first-order valence-electron chi connectivity index (χ1n) is 8.03. The summed E-state index contributed by atoms with van der Waals surface area (Å²) < 4.78 is 1.78. The molecular weight excluding hydrogens is 436 g/mol. The minimum absolute atomic E-state index is 0. The minimum Gasteiger partial charge on any atom is -0.481 e. The summed E-state index contributed by atoms with van der Waals surface area (Å²) in [5.41, 5.74) is 1.84. The molecule has 1 heterocycles. The van der Waals surface area contributed by atoms with E-state index < -0.39 is 29.5 Å². The molecule has 0 bridgehead atoms. The number of para-hydroxylation sites is 1. The van der Waals surface area contributed by atoms with Crippen molar-refractivity contribution in [1.82, 2.24) is 4.98 Å². The average Bonchev–Trinajstić information content (AvgIpc) is 3.02. The van der Waals surface area contributed by atoms with E-state index in [-0.39, 0.29) is 19.5 Å². The van der Waals surface area contributed by atoms with Crippen molar-refractivity contribution in [2.75, 3.05) is 0 Å². The third kappa shape index (κ3) is 5.86. The molecule has 0 aliphatic heterocycles. The maximum Gasteiger partial charge on any atom is 0.308 e. The zero-order valence-electron chi connectivity index (χ0n) is 14.4. The second-order valence-corrected chi connectivity index (χ2v) is 8.35. The largest absolute Gasteiger partial charge is 0.481 e. The van der Waals surface area contributed by atoms with Gasteiger partial charge in [0.15, 0.2) is 4.34 Å². The summed E-state index contributed by atoms with van der Waals surface area (Å²) in [7, 11) is 0. The Morgan fingerprint density at radius 2 is 1.70 bits per heavy atom. The van der Waals surface area contributed by atoms with E-state index in [1.165, 1.54) is 23.1 Å². The number of aliphatic carboxylic acids is 2. The number of carbonyl (C=O) groups is 2. The Balaban J connectivity index is 0.00000261. The molecule has 136 valence electrons. The Labute approximate surface area is 177 Å². The van der Waals surface area contributed by atoms with Crippen molar-refractivity contribution < 1.29 is 39.3 Å². The molecule has 2 atom stereocenters. The number of rotatable bonds is 8. The molecule has 27 heavy (non-hydrogen) atoms. The van der Waals surface area contributed by atoms with Gasteiger partial charge in [-0.2, -0.15) is 0 Å². The molecule has 0 saturated heterocycles. The van der Waals surface area contributed by atoms with Crippen LogP contribution in [0.25, 0.3) is 10.2 Å². The zero-order valence-corrected chi connectivity index (χ0v) is 19.0. The van der Waals surface area contributed by atoms with Gasteiger partial charge in [0.05, 0.1) is 22.6 Å². The van der Waals surface area contributed by atoms with Gasteiger partial charge in [0, 0.05) is 24.7 Å². The van der Waals surface area contributed by atoms with Crippen LogP contribution in [0.2, 0.25) is 0 Å². The summed E-state index contributed by atoms with van der Waals surface area (Å²) >= 11 is 2.85. The number of carboxylic acids is 2. The van der Waals surface area contributed by atoms with Gasteiger partial charge in [0.25, 0.3) is 0 Å². The summed E-state index contributed by atoms with van der Waals surface area (Å²) in [4.78, 5) is 27.5. The fourth-order valence-electron chi connectivity index (χ4n) is 2.71. The van der Waals surface area contributed by atoms with Crippen LogP contribution < -0.4 is 0 Å². The van der Waals surface area contributed by atoms with Gasteiger partial charge < -0.3 is 10.2 Å². The molecule has 0 aliphatic carbocycles. The Morgan fingerprint density at radius 1 is 1.04 bits per heavy atom. The van der Waals surface area contributed by atoms with Gasteiger partial charge in [0.1, 0.15) is 0 Å². The van der Waals surface area contributed by atoms with E-state index in [4.69, 9.17) is 5.11 Å². The Kier molecular flexibility index (Phi) is 7.96. The molecule has 3 rings (SSSR count). The number of carboxylic acid groups (broad SMARTS) is 2. The predicted octanol–water partition coefficient (Wildman–Crippen LogP) is 4.17. The SMILES string of the molecule is O=C(O)CC(C(=O)O)C(Cc1ccccc1)Sc1nc2ccccc2s1.[Zn]. The molecule has 2 unspecified atom stereocenters. The van der Waals surface area contributed by atoms with Crippen molar-refractivity contribution in [1.29, 1.82) is 0 Å². The number of benzene rings is 2. The molecule has 8 heteroatoms. The monoisotopic (exact) mass is 451 g/mol. The third-order valence-corrected chi connectivity index (χ3v) is 6.43. The Hall–Kier alpha value is -1.76. The first-order valence-corrected chi connectivity index (χ1v) is 9.73. The Morgan fingerprint density at radius 3 is 2.33 bits per heavy atom. The van der Waals surface area contributed by atoms with E-state index in [2.05, 4.69) is 4.98 Å². The van der Waals surface area contributed by atoms with Crippen molar-refractivity contribution in [2.45, 2.75) is 22.4 Å². The fraction of sp³-hybridized carbons (Fsp3) is 0.211. The number of thioether (sulfide) groups is 1. The van der Waals surface area contributed by atoms with E-state index >= 15 is 0 Å². The summed E-state index contributed by atoms with van der Waals surface area (Å²) in [6.45, 7) is 0. The number of fused-ring (bicyclic) bond motifs is 1. The van der Waals surface area contributed by atoms with Gasteiger partial charge in [-0.15, -0.1) is 11.3 Å². The van der Waals surface area contributed by atoms with Crippen molar-refractivity contribution >= 4 is 45.3 Å². The second-order valence-electron chi connectivity index (χ2n) is 5.84. The van der Waals surface area contributed by atoms with Gasteiger partial charge in [-0.1, -0.05) is 54.2 Å². The van der Waals surface area contributed by atoms with Crippen LogP contribution in [0.1, 0.15) is 12.0 Å². The normalized spacial score (nSPS) is 12.9. The molecule has 0 aliphatic rings. The number of aromatic nitrogens is 1. The molecule has 0 spiro atoms. The van der Waals surface area contributed by atoms with Crippen molar-refractivity contribution in [3.63, 3.8) is 0 Å². The van der Waals surface area contributed by atoms with Crippen molar-refractivity contribution in [2.24, 2.45) is 5.92 Å². The summed E-state index contributed by atoms with van der Waals surface area (Å²) in [6, 6.07) is 17.2. The topological polar surface area (TPSA) is 87.5 Å². The minimum atomic E-state index is -1.11.